The van der Waals surface area contributed by atoms with Gasteiger partial charge in [0.2, 0.25) is 0 Å². The van der Waals surface area contributed by atoms with Crippen molar-refractivity contribution in [2.75, 3.05) is 13.2 Å². The first-order chi connectivity index (χ1) is 6.33. The lowest BCUT2D eigenvalue weighted by molar-refractivity contribution is 0.0226. The topological polar surface area (TPSA) is 60.0 Å². The summed E-state index contributed by atoms with van der Waals surface area (Å²) in [6.07, 6.45) is 5.55. The summed E-state index contributed by atoms with van der Waals surface area (Å²) in [5, 5.41) is 3.50. The van der Waals surface area contributed by atoms with Crippen LogP contribution in [0.15, 0.2) is 10.1 Å². The molecular weight excluding hydrogens is 166 g/mol. The van der Waals surface area contributed by atoms with Gasteiger partial charge in [0.25, 0.3) is 0 Å². The van der Waals surface area contributed by atoms with E-state index in [0.717, 1.165) is 25.3 Å². The normalized spacial score (nSPS) is 25.3. The molecule has 0 amide bonds. The van der Waals surface area contributed by atoms with Gasteiger partial charge in [-0.15, -0.1) is 0 Å². The van der Waals surface area contributed by atoms with Crippen LogP contribution in [0.4, 0.5) is 0 Å². The monoisotopic (exact) mass is 183 g/mol. The third kappa shape index (κ3) is 4.03. The zero-order chi connectivity index (χ0) is 9.52. The van der Waals surface area contributed by atoms with Crippen LogP contribution in [0.2, 0.25) is 0 Å². The van der Waals surface area contributed by atoms with Crippen LogP contribution in [-0.4, -0.2) is 31.2 Å². The molecule has 0 saturated carbocycles. The van der Waals surface area contributed by atoms with Gasteiger partial charge >= 0.3 is 0 Å². The van der Waals surface area contributed by atoms with E-state index < -0.39 is 0 Å². The number of hydrogen-bond acceptors (Lipinski definition) is 4. The molecule has 1 unspecified atom stereocenters. The summed E-state index contributed by atoms with van der Waals surface area (Å²) in [6.45, 7) is 3.43. The van der Waals surface area contributed by atoms with Crippen molar-refractivity contribution in [2.45, 2.75) is 32.3 Å². The van der Waals surface area contributed by atoms with Gasteiger partial charge < -0.3 is 10.6 Å². The first-order valence-electron chi connectivity index (χ1n) is 4.69. The second-order valence-electron chi connectivity index (χ2n) is 3.25. The van der Waals surface area contributed by atoms with Crippen molar-refractivity contribution in [1.29, 1.82) is 0 Å². The van der Waals surface area contributed by atoms with E-state index in [1.807, 2.05) is 6.92 Å². The maximum absolute atomic E-state index is 5.51. The Labute approximate surface area is 78.9 Å². The molecular formula is C9H17N3O. The third-order valence-corrected chi connectivity index (χ3v) is 2.06. The van der Waals surface area contributed by atoms with Crippen molar-refractivity contribution < 1.29 is 4.74 Å². The zero-order valence-corrected chi connectivity index (χ0v) is 8.07. The molecule has 0 spiro atoms. The molecule has 4 heteroatoms. The van der Waals surface area contributed by atoms with Gasteiger partial charge in [0.15, 0.2) is 0 Å². The predicted molar refractivity (Wildman–Crippen MR) is 54.2 cm³/mol. The molecule has 0 aromatic rings. The summed E-state index contributed by atoms with van der Waals surface area (Å²) in [5.41, 5.74) is 0.746. The minimum Gasteiger partial charge on any atom is -0.376 e. The summed E-state index contributed by atoms with van der Waals surface area (Å²) in [6, 6.07) is 0. The molecule has 0 aromatic carbocycles. The Hall–Kier alpha value is -0.900. The van der Waals surface area contributed by atoms with E-state index >= 15 is 0 Å². The number of nitrogens with zero attached hydrogens (tertiary/aromatic N) is 2. The molecule has 13 heavy (non-hydrogen) atoms. The van der Waals surface area contributed by atoms with Crippen LogP contribution in [0, 0.1) is 0 Å². The lowest BCUT2D eigenvalue weighted by Crippen LogP contribution is -2.22. The largest absolute Gasteiger partial charge is 0.376 e. The molecule has 0 aromatic heterocycles. The number of rotatable bonds is 3. The van der Waals surface area contributed by atoms with E-state index in [0.29, 0.717) is 6.10 Å². The first kappa shape index (κ1) is 10.2. The maximum atomic E-state index is 5.51. The highest BCUT2D eigenvalue weighted by Gasteiger charge is 2.11. The Bertz CT molecular complexity index is 195. The Balaban J connectivity index is 2.20. The van der Waals surface area contributed by atoms with Crippen molar-refractivity contribution in [3.8, 4) is 0 Å². The number of hydrogen-bond donors (Lipinski definition) is 1. The summed E-state index contributed by atoms with van der Waals surface area (Å²) in [4.78, 5) is 4.20. The molecule has 2 N–H and O–H groups in total. The Kier molecular flexibility index (Phi) is 4.46. The van der Waals surface area contributed by atoms with E-state index in [9.17, 15) is 0 Å². The molecule has 4 nitrogen and oxygen atoms in total. The van der Waals surface area contributed by atoms with Gasteiger partial charge in [-0.25, -0.2) is 0 Å². The second-order valence-corrected chi connectivity index (χ2v) is 3.25. The minimum absolute atomic E-state index is 0.301. The molecule has 0 bridgehead atoms. The average Bonchev–Trinajstić information content (AvgIpc) is 2.19. The summed E-state index contributed by atoms with van der Waals surface area (Å²) >= 11 is 0. The van der Waals surface area contributed by atoms with Gasteiger partial charge in [-0.05, 0) is 26.2 Å². The molecule has 74 valence electrons. The lowest BCUT2D eigenvalue weighted by Gasteiger charge is -2.20. The number of nitrogens with two attached hydrogens (primary N) is 1. The fourth-order valence-electron chi connectivity index (χ4n) is 1.29. The highest BCUT2D eigenvalue weighted by Crippen LogP contribution is 2.12. The van der Waals surface area contributed by atoms with Crippen LogP contribution in [0.5, 0.6) is 0 Å². The molecule has 1 heterocycles. The fourth-order valence-corrected chi connectivity index (χ4v) is 1.29. The summed E-state index contributed by atoms with van der Waals surface area (Å²) < 4.78 is 5.51. The summed E-state index contributed by atoms with van der Waals surface area (Å²) in [5.74, 6) is 5.06. The molecule has 1 rings (SSSR count). The van der Waals surface area contributed by atoms with Crippen molar-refractivity contribution in [1.82, 2.24) is 0 Å². The molecule has 0 aliphatic carbocycles. The fraction of sp³-hybridized carbons (Fsp3) is 0.778. The summed E-state index contributed by atoms with van der Waals surface area (Å²) in [7, 11) is 0. The van der Waals surface area contributed by atoms with Crippen molar-refractivity contribution in [3.05, 3.63) is 0 Å². The van der Waals surface area contributed by atoms with E-state index in [-0.39, 0.29) is 0 Å². The Morgan fingerprint density at radius 3 is 3.08 bits per heavy atom. The molecule has 0 radical (unpaired) electrons. The predicted octanol–water partition coefficient (Wildman–Crippen LogP) is 0.961. The maximum Gasteiger partial charge on any atom is 0.0770 e. The van der Waals surface area contributed by atoms with Gasteiger partial charge in [0.05, 0.1) is 18.4 Å². The van der Waals surface area contributed by atoms with E-state index in [1.54, 1.807) is 6.21 Å². The van der Waals surface area contributed by atoms with Crippen molar-refractivity contribution in [3.63, 3.8) is 0 Å². The average molecular weight is 183 g/mol. The third-order valence-electron chi connectivity index (χ3n) is 2.06. The minimum atomic E-state index is 0.301. The molecule has 1 fully saturated rings. The molecule has 1 aliphatic heterocycles. The van der Waals surface area contributed by atoms with Crippen molar-refractivity contribution >= 4 is 11.9 Å². The van der Waals surface area contributed by atoms with Gasteiger partial charge in [-0.3, -0.25) is 4.99 Å². The SMILES string of the molecule is C/C(C=NCC1CCCCO1)=N/N. The number of hydrazone groups is 1. The highest BCUT2D eigenvalue weighted by atomic mass is 16.5. The first-order valence-corrected chi connectivity index (χ1v) is 4.69. The smallest absolute Gasteiger partial charge is 0.0770 e. The number of ether oxygens (including phenoxy) is 1. The quantitative estimate of drug-likeness (QED) is 0.402. The standard InChI is InChI=1S/C9H17N3O/c1-8(12-10)6-11-7-9-4-2-3-5-13-9/h6,9H,2-5,7,10H2,1H3/b11-6?,12-8-. The molecule has 1 saturated heterocycles. The van der Waals surface area contributed by atoms with E-state index in [1.165, 1.54) is 12.8 Å². The van der Waals surface area contributed by atoms with Gasteiger partial charge in [0, 0.05) is 12.8 Å². The Morgan fingerprint density at radius 2 is 2.46 bits per heavy atom. The lowest BCUT2D eigenvalue weighted by atomic mass is 10.1. The van der Waals surface area contributed by atoms with E-state index in [2.05, 4.69) is 10.1 Å². The van der Waals surface area contributed by atoms with Gasteiger partial charge in [-0.1, -0.05) is 0 Å². The van der Waals surface area contributed by atoms with Crippen LogP contribution >= 0.6 is 0 Å². The van der Waals surface area contributed by atoms with Crippen LogP contribution in [0.1, 0.15) is 26.2 Å². The Morgan fingerprint density at radius 1 is 1.62 bits per heavy atom. The van der Waals surface area contributed by atoms with Gasteiger partial charge in [0.1, 0.15) is 0 Å². The van der Waals surface area contributed by atoms with Crippen LogP contribution in [-0.2, 0) is 4.74 Å². The zero-order valence-electron chi connectivity index (χ0n) is 8.07. The van der Waals surface area contributed by atoms with Crippen molar-refractivity contribution in [2.24, 2.45) is 15.9 Å². The second kappa shape index (κ2) is 5.70. The van der Waals surface area contributed by atoms with Crippen LogP contribution < -0.4 is 5.84 Å². The van der Waals surface area contributed by atoms with Crippen LogP contribution in [0.25, 0.3) is 0 Å². The van der Waals surface area contributed by atoms with Gasteiger partial charge in [-0.2, -0.15) is 5.10 Å². The molecule has 1 atom stereocenters. The van der Waals surface area contributed by atoms with Crippen LogP contribution in [0.3, 0.4) is 0 Å². The van der Waals surface area contributed by atoms with E-state index in [4.69, 9.17) is 10.6 Å². The highest BCUT2D eigenvalue weighted by molar-refractivity contribution is 6.29. The number of aliphatic imine (C=N–C) groups is 1. The molecule has 1 aliphatic rings.